The van der Waals surface area contributed by atoms with Crippen LogP contribution in [0.5, 0.6) is 5.75 Å². The van der Waals surface area contributed by atoms with Gasteiger partial charge in [-0.15, -0.1) is 0 Å². The molecule has 0 aliphatic carbocycles. The Morgan fingerprint density at radius 3 is 1.90 bits per heavy atom. The number of carbonyl (C=O) groups is 3. The van der Waals surface area contributed by atoms with Crippen molar-refractivity contribution in [3.8, 4) is 5.75 Å². The molecule has 0 aliphatic heterocycles. The summed E-state index contributed by atoms with van der Waals surface area (Å²) in [6.07, 6.45) is 0. The van der Waals surface area contributed by atoms with E-state index in [0.29, 0.717) is 28.1 Å². The third kappa shape index (κ3) is 5.35. The van der Waals surface area contributed by atoms with E-state index in [1.165, 1.54) is 0 Å². The molecule has 3 amide bonds. The Bertz CT molecular complexity index is 1070. The first-order valence-corrected chi connectivity index (χ1v) is 9.96. The highest BCUT2D eigenvalue weighted by Crippen LogP contribution is 2.21. The summed E-state index contributed by atoms with van der Waals surface area (Å²) in [5, 5.41) is 2.76. The van der Waals surface area contributed by atoms with Crippen LogP contribution >= 0.6 is 22.6 Å². The monoisotopic (exact) mass is 515 g/mol. The summed E-state index contributed by atoms with van der Waals surface area (Å²) in [6.45, 7) is 0. The number of hydrogen-bond donors (Lipinski definition) is 3. The number of amides is 3. The molecule has 3 rings (SSSR count). The summed E-state index contributed by atoms with van der Waals surface area (Å²) < 4.78 is 5.94. The summed E-state index contributed by atoms with van der Waals surface area (Å²) in [4.78, 5) is 36.7. The molecule has 0 spiro atoms. The van der Waals surface area contributed by atoms with E-state index in [1.807, 2.05) is 6.07 Å². The number of rotatable bonds is 5. The van der Waals surface area contributed by atoms with Gasteiger partial charge in [0.1, 0.15) is 5.75 Å². The van der Waals surface area contributed by atoms with E-state index in [1.54, 1.807) is 73.8 Å². The molecule has 0 saturated heterocycles. The van der Waals surface area contributed by atoms with Gasteiger partial charge in [-0.05, 0) is 77.2 Å². The van der Waals surface area contributed by atoms with Crippen molar-refractivity contribution in [2.75, 3.05) is 12.4 Å². The summed E-state index contributed by atoms with van der Waals surface area (Å²) in [6, 6.07) is 20.1. The Balaban J connectivity index is 1.56. The van der Waals surface area contributed by atoms with Gasteiger partial charge in [0.15, 0.2) is 0 Å². The lowest BCUT2D eigenvalue weighted by molar-refractivity contribution is 0.0846. The van der Waals surface area contributed by atoms with E-state index in [0.717, 1.165) is 3.57 Å². The van der Waals surface area contributed by atoms with E-state index < -0.39 is 11.8 Å². The van der Waals surface area contributed by atoms with Crippen molar-refractivity contribution in [2.24, 2.45) is 0 Å². The van der Waals surface area contributed by atoms with Crippen molar-refractivity contribution in [2.45, 2.75) is 0 Å². The molecule has 0 atom stereocenters. The third-order valence-corrected chi connectivity index (χ3v) is 4.99. The fraction of sp³-hybridized carbons (Fsp3) is 0.0455. The number of nitrogens with one attached hydrogen (secondary N) is 3. The molecule has 0 heterocycles. The van der Waals surface area contributed by atoms with Gasteiger partial charge in [-0.1, -0.05) is 18.2 Å². The van der Waals surface area contributed by atoms with Crippen molar-refractivity contribution >= 4 is 46.0 Å². The number of methoxy groups -OCH3 is 1. The van der Waals surface area contributed by atoms with E-state index in [-0.39, 0.29) is 5.91 Å². The predicted molar refractivity (Wildman–Crippen MR) is 121 cm³/mol. The zero-order valence-electron chi connectivity index (χ0n) is 15.9. The number of benzene rings is 3. The Hall–Kier alpha value is -3.40. The van der Waals surface area contributed by atoms with Crippen LogP contribution in [0.3, 0.4) is 0 Å². The van der Waals surface area contributed by atoms with Gasteiger partial charge >= 0.3 is 0 Å². The number of hydrogen-bond acceptors (Lipinski definition) is 4. The lowest BCUT2D eigenvalue weighted by atomic mass is 10.1. The van der Waals surface area contributed by atoms with Crippen molar-refractivity contribution in [1.82, 2.24) is 10.9 Å². The highest BCUT2D eigenvalue weighted by atomic mass is 127. The van der Waals surface area contributed by atoms with Crippen molar-refractivity contribution in [3.63, 3.8) is 0 Å². The zero-order chi connectivity index (χ0) is 21.5. The van der Waals surface area contributed by atoms with Gasteiger partial charge in [0.2, 0.25) is 0 Å². The highest BCUT2D eigenvalue weighted by Gasteiger charge is 2.12. The van der Waals surface area contributed by atoms with Crippen LogP contribution in [0.2, 0.25) is 0 Å². The number of anilines is 1. The van der Waals surface area contributed by atoms with Gasteiger partial charge in [0.05, 0.1) is 10.7 Å². The molecule has 30 heavy (non-hydrogen) atoms. The molecule has 8 heteroatoms. The van der Waals surface area contributed by atoms with Crippen molar-refractivity contribution in [3.05, 3.63) is 93.1 Å². The van der Waals surface area contributed by atoms with Gasteiger partial charge in [-0.2, -0.15) is 0 Å². The second-order valence-corrected chi connectivity index (χ2v) is 7.32. The maximum atomic E-state index is 12.3. The normalized spacial score (nSPS) is 10.1. The second kappa shape index (κ2) is 9.88. The topological polar surface area (TPSA) is 96.5 Å². The minimum atomic E-state index is -0.479. The fourth-order valence-electron chi connectivity index (χ4n) is 2.56. The second-order valence-electron chi connectivity index (χ2n) is 6.16. The average Bonchev–Trinajstić information content (AvgIpc) is 2.78. The molecule has 0 saturated carbocycles. The first-order valence-electron chi connectivity index (χ1n) is 8.88. The molecule has 0 bridgehead atoms. The maximum Gasteiger partial charge on any atom is 0.269 e. The number of carbonyl (C=O) groups excluding carboxylic acids is 3. The quantitative estimate of drug-likeness (QED) is 0.357. The standard InChI is InChI=1S/C22H18IN3O4/c1-30-19-12-9-16(13-18(19)23)22(29)26-25-21(28)15-7-10-17(11-8-15)24-20(27)14-5-3-2-4-6-14/h2-13H,1H3,(H,24,27)(H,25,28)(H,26,29). The van der Waals surface area contributed by atoms with Gasteiger partial charge in [-0.3, -0.25) is 25.2 Å². The largest absolute Gasteiger partial charge is 0.496 e. The Morgan fingerprint density at radius 2 is 1.30 bits per heavy atom. The van der Waals surface area contributed by atoms with Crippen molar-refractivity contribution in [1.29, 1.82) is 0 Å². The molecule has 3 aromatic rings. The highest BCUT2D eigenvalue weighted by molar-refractivity contribution is 14.1. The summed E-state index contributed by atoms with van der Waals surface area (Å²) in [5.74, 6) is -0.507. The first kappa shape index (κ1) is 21.3. The van der Waals surface area contributed by atoms with Crippen LogP contribution in [-0.4, -0.2) is 24.8 Å². The lowest BCUT2D eigenvalue weighted by Gasteiger charge is -2.10. The predicted octanol–water partition coefficient (Wildman–Crippen LogP) is 3.63. The zero-order valence-corrected chi connectivity index (χ0v) is 18.1. The maximum absolute atomic E-state index is 12.3. The first-order chi connectivity index (χ1) is 14.5. The van der Waals surface area contributed by atoms with E-state index >= 15 is 0 Å². The Morgan fingerprint density at radius 1 is 0.733 bits per heavy atom. The summed E-state index contributed by atoms with van der Waals surface area (Å²) in [5.41, 5.74) is 6.56. The van der Waals surface area contributed by atoms with E-state index in [4.69, 9.17) is 4.74 Å². The Kier molecular flexibility index (Phi) is 7.02. The number of halogens is 1. The summed E-state index contributed by atoms with van der Waals surface area (Å²) in [7, 11) is 1.55. The molecule has 7 nitrogen and oxygen atoms in total. The third-order valence-electron chi connectivity index (χ3n) is 4.14. The van der Waals surface area contributed by atoms with Gasteiger partial charge in [-0.25, -0.2) is 0 Å². The molecule has 3 N–H and O–H groups in total. The van der Waals surface area contributed by atoms with Crippen LogP contribution in [0.15, 0.2) is 72.8 Å². The Labute approximate surface area is 186 Å². The lowest BCUT2D eigenvalue weighted by Crippen LogP contribution is -2.41. The van der Waals surface area contributed by atoms with Crippen LogP contribution in [-0.2, 0) is 0 Å². The molecular formula is C22H18IN3O4. The minimum Gasteiger partial charge on any atom is -0.496 e. The molecule has 3 aromatic carbocycles. The van der Waals surface area contributed by atoms with Crippen LogP contribution < -0.4 is 20.9 Å². The molecular weight excluding hydrogens is 497 g/mol. The summed E-state index contributed by atoms with van der Waals surface area (Å²) >= 11 is 2.06. The van der Waals surface area contributed by atoms with Crippen molar-refractivity contribution < 1.29 is 19.1 Å². The van der Waals surface area contributed by atoms with Crippen LogP contribution in [0.4, 0.5) is 5.69 Å². The van der Waals surface area contributed by atoms with E-state index in [9.17, 15) is 14.4 Å². The van der Waals surface area contributed by atoms with Gasteiger partial charge in [0.25, 0.3) is 17.7 Å². The molecule has 0 unspecified atom stereocenters. The average molecular weight is 515 g/mol. The van der Waals surface area contributed by atoms with Crippen LogP contribution in [0.1, 0.15) is 31.1 Å². The van der Waals surface area contributed by atoms with Crippen LogP contribution in [0, 0.1) is 3.57 Å². The fourth-order valence-corrected chi connectivity index (χ4v) is 3.30. The molecule has 152 valence electrons. The number of ether oxygens (including phenoxy) is 1. The van der Waals surface area contributed by atoms with Gasteiger partial charge < -0.3 is 10.1 Å². The smallest absolute Gasteiger partial charge is 0.269 e. The molecule has 0 fully saturated rings. The SMILES string of the molecule is COc1ccc(C(=O)NNC(=O)c2ccc(NC(=O)c3ccccc3)cc2)cc1I. The van der Waals surface area contributed by atoms with Gasteiger partial charge in [0, 0.05) is 22.4 Å². The minimum absolute atomic E-state index is 0.241. The molecule has 0 radical (unpaired) electrons. The van der Waals surface area contributed by atoms with E-state index in [2.05, 4.69) is 38.8 Å². The molecule has 0 aromatic heterocycles. The number of hydrazine groups is 1. The van der Waals surface area contributed by atoms with Crippen LogP contribution in [0.25, 0.3) is 0 Å². The molecule has 0 aliphatic rings.